The fraction of sp³-hybridized carbons (Fsp3) is 0.647. The monoisotopic (exact) mass is 294 g/mol. The summed E-state index contributed by atoms with van der Waals surface area (Å²) in [7, 11) is 4.24. The van der Waals surface area contributed by atoms with E-state index < -0.39 is 0 Å². The molecule has 1 aromatic rings. The van der Waals surface area contributed by atoms with Gasteiger partial charge in [0.1, 0.15) is 0 Å². The Balaban J connectivity index is 2.16. The molecule has 1 N–H and O–H groups in total. The molecule has 114 valence electrons. The second-order valence-electron chi connectivity index (χ2n) is 6.53. The lowest BCUT2D eigenvalue weighted by Crippen LogP contribution is -2.23. The zero-order valence-corrected chi connectivity index (χ0v) is 14.5. The molecule has 1 aromatic carbocycles. The quantitative estimate of drug-likeness (QED) is 0.582. The highest BCUT2D eigenvalue weighted by Gasteiger charge is 2.12. The molecule has 0 amide bonds. The summed E-state index contributed by atoms with van der Waals surface area (Å²) in [5.74, 6) is 1.14. The van der Waals surface area contributed by atoms with Gasteiger partial charge in [0, 0.05) is 17.2 Å². The van der Waals surface area contributed by atoms with E-state index in [-0.39, 0.29) is 5.41 Å². The van der Waals surface area contributed by atoms with E-state index in [0.717, 1.165) is 25.4 Å². The van der Waals surface area contributed by atoms with Gasteiger partial charge in [-0.05, 0) is 56.7 Å². The molecular formula is C17H30N2S. The van der Waals surface area contributed by atoms with Crippen molar-refractivity contribution in [2.45, 2.75) is 37.5 Å². The van der Waals surface area contributed by atoms with Gasteiger partial charge < -0.3 is 10.2 Å². The minimum absolute atomic E-state index is 0.247. The maximum absolute atomic E-state index is 3.50. The van der Waals surface area contributed by atoms with Crippen LogP contribution in [0.4, 0.5) is 0 Å². The van der Waals surface area contributed by atoms with Gasteiger partial charge in [0.25, 0.3) is 0 Å². The van der Waals surface area contributed by atoms with Crippen LogP contribution < -0.4 is 5.32 Å². The third-order valence-electron chi connectivity index (χ3n) is 3.23. The van der Waals surface area contributed by atoms with Crippen molar-refractivity contribution < 1.29 is 0 Å². The highest BCUT2D eigenvalue weighted by molar-refractivity contribution is 7.99. The lowest BCUT2D eigenvalue weighted by atomic mass is 9.87. The summed E-state index contributed by atoms with van der Waals surface area (Å²) in [4.78, 5) is 3.60. The van der Waals surface area contributed by atoms with E-state index in [4.69, 9.17) is 0 Å². The van der Waals surface area contributed by atoms with E-state index in [0.29, 0.717) is 0 Å². The zero-order chi connectivity index (χ0) is 15.0. The molecule has 0 heterocycles. The highest BCUT2D eigenvalue weighted by atomic mass is 32.2. The Labute approximate surface area is 129 Å². The van der Waals surface area contributed by atoms with Crippen LogP contribution in [0.5, 0.6) is 0 Å². The zero-order valence-electron chi connectivity index (χ0n) is 13.7. The van der Waals surface area contributed by atoms with Crippen molar-refractivity contribution in [3.05, 3.63) is 29.8 Å². The van der Waals surface area contributed by atoms with Gasteiger partial charge in [-0.15, -0.1) is 11.8 Å². The topological polar surface area (TPSA) is 15.3 Å². The van der Waals surface area contributed by atoms with E-state index in [1.165, 1.54) is 16.9 Å². The van der Waals surface area contributed by atoms with Gasteiger partial charge in [-0.25, -0.2) is 0 Å². The molecule has 20 heavy (non-hydrogen) atoms. The number of hydrogen-bond donors (Lipinski definition) is 1. The molecular weight excluding hydrogens is 264 g/mol. The molecule has 0 aromatic heterocycles. The average molecular weight is 295 g/mol. The Hall–Kier alpha value is -0.510. The van der Waals surface area contributed by atoms with E-state index in [2.05, 4.69) is 69.3 Å². The molecule has 0 bridgehead atoms. The largest absolute Gasteiger partial charge is 0.316 e. The molecule has 0 atom stereocenters. The molecule has 2 nitrogen and oxygen atoms in total. The van der Waals surface area contributed by atoms with Crippen LogP contribution in [-0.4, -0.2) is 44.4 Å². The van der Waals surface area contributed by atoms with Gasteiger partial charge >= 0.3 is 0 Å². The minimum atomic E-state index is 0.247. The third kappa shape index (κ3) is 7.32. The summed E-state index contributed by atoms with van der Waals surface area (Å²) < 4.78 is 0. The van der Waals surface area contributed by atoms with E-state index in [9.17, 15) is 0 Å². The van der Waals surface area contributed by atoms with Crippen LogP contribution in [0.25, 0.3) is 0 Å². The first-order valence-corrected chi connectivity index (χ1v) is 8.47. The van der Waals surface area contributed by atoms with E-state index in [1.54, 1.807) is 0 Å². The van der Waals surface area contributed by atoms with Crippen molar-refractivity contribution in [1.29, 1.82) is 0 Å². The van der Waals surface area contributed by atoms with Crippen LogP contribution in [0.2, 0.25) is 0 Å². The lowest BCUT2D eigenvalue weighted by Gasteiger charge is -2.19. The van der Waals surface area contributed by atoms with Crippen LogP contribution in [0.3, 0.4) is 0 Å². The predicted octanol–water partition coefficient (Wildman–Crippen LogP) is 3.62. The van der Waals surface area contributed by atoms with Crippen LogP contribution in [0.15, 0.2) is 29.2 Å². The molecule has 0 saturated carbocycles. The first-order chi connectivity index (χ1) is 9.39. The normalized spacial score (nSPS) is 12.1. The van der Waals surface area contributed by atoms with Crippen LogP contribution >= 0.6 is 11.8 Å². The first-order valence-electron chi connectivity index (χ1n) is 7.48. The maximum atomic E-state index is 3.50. The number of benzene rings is 1. The van der Waals surface area contributed by atoms with Crippen molar-refractivity contribution in [3.8, 4) is 0 Å². The van der Waals surface area contributed by atoms with Crippen LogP contribution in [-0.2, 0) is 5.41 Å². The smallest absolute Gasteiger partial charge is 0.0106 e. The third-order valence-corrected chi connectivity index (χ3v) is 4.24. The molecule has 1 rings (SSSR count). The van der Waals surface area contributed by atoms with E-state index >= 15 is 0 Å². The van der Waals surface area contributed by atoms with Crippen molar-refractivity contribution in [3.63, 3.8) is 0 Å². The van der Waals surface area contributed by atoms with Crippen LogP contribution in [0.1, 0.15) is 32.8 Å². The molecule has 0 aliphatic carbocycles. The Morgan fingerprint density at radius 2 is 1.70 bits per heavy atom. The number of rotatable bonds is 8. The molecule has 0 saturated heterocycles. The summed E-state index contributed by atoms with van der Waals surface area (Å²) in [6.45, 7) is 10.1. The number of nitrogens with zero attached hydrogens (tertiary/aromatic N) is 1. The fourth-order valence-electron chi connectivity index (χ4n) is 1.94. The maximum Gasteiger partial charge on any atom is 0.0106 e. The Morgan fingerprint density at radius 3 is 2.25 bits per heavy atom. The van der Waals surface area contributed by atoms with Gasteiger partial charge in [0.05, 0.1) is 0 Å². The van der Waals surface area contributed by atoms with Gasteiger partial charge in [0.2, 0.25) is 0 Å². The predicted molar refractivity (Wildman–Crippen MR) is 91.9 cm³/mol. The molecule has 0 fully saturated rings. The lowest BCUT2D eigenvalue weighted by molar-refractivity contribution is 0.396. The van der Waals surface area contributed by atoms with Crippen molar-refractivity contribution >= 4 is 11.8 Å². The minimum Gasteiger partial charge on any atom is -0.316 e. The highest BCUT2D eigenvalue weighted by Crippen LogP contribution is 2.25. The van der Waals surface area contributed by atoms with Gasteiger partial charge in [-0.2, -0.15) is 0 Å². The summed E-state index contributed by atoms with van der Waals surface area (Å²) in [5, 5.41) is 3.50. The van der Waals surface area contributed by atoms with E-state index in [1.807, 2.05) is 11.8 Å². The van der Waals surface area contributed by atoms with Crippen molar-refractivity contribution in [2.75, 3.05) is 39.5 Å². The molecule has 3 heteroatoms. The average Bonchev–Trinajstić information content (AvgIpc) is 2.37. The SMILES string of the molecule is CN(C)CCCNCCSc1ccc(C(C)(C)C)cc1. The molecule has 0 aliphatic rings. The molecule has 0 radical (unpaired) electrons. The standard InChI is InChI=1S/C17H30N2S/c1-17(2,3)15-7-9-16(10-8-15)20-14-12-18-11-6-13-19(4)5/h7-10,18H,6,11-14H2,1-5H3. The summed E-state index contributed by atoms with van der Waals surface area (Å²) >= 11 is 1.93. The number of nitrogens with one attached hydrogen (secondary N) is 1. The molecule has 0 aliphatic heterocycles. The summed E-state index contributed by atoms with van der Waals surface area (Å²) in [5.41, 5.74) is 1.65. The second-order valence-corrected chi connectivity index (χ2v) is 7.70. The number of thioether (sulfide) groups is 1. The van der Waals surface area contributed by atoms with Crippen LogP contribution in [0, 0.1) is 0 Å². The van der Waals surface area contributed by atoms with Crippen molar-refractivity contribution in [1.82, 2.24) is 10.2 Å². The second kappa shape index (κ2) is 8.71. The Morgan fingerprint density at radius 1 is 1.05 bits per heavy atom. The van der Waals surface area contributed by atoms with Gasteiger partial charge in [-0.1, -0.05) is 32.9 Å². The molecule has 0 spiro atoms. The molecule has 0 unspecified atom stereocenters. The van der Waals surface area contributed by atoms with Crippen molar-refractivity contribution in [2.24, 2.45) is 0 Å². The summed E-state index contributed by atoms with van der Waals surface area (Å²) in [6, 6.07) is 9.01. The first kappa shape index (κ1) is 17.5. The Kier molecular flexibility index (Phi) is 7.63. The van der Waals surface area contributed by atoms with Gasteiger partial charge in [-0.3, -0.25) is 0 Å². The Bertz CT molecular complexity index is 366. The van der Waals surface area contributed by atoms with Gasteiger partial charge in [0.15, 0.2) is 0 Å². The summed E-state index contributed by atoms with van der Waals surface area (Å²) in [6.07, 6.45) is 1.22. The fourth-order valence-corrected chi connectivity index (χ4v) is 2.75. The number of hydrogen-bond acceptors (Lipinski definition) is 3.